The smallest absolute Gasteiger partial charge is 0.224 e. The summed E-state index contributed by atoms with van der Waals surface area (Å²) in [4.78, 5) is 19.1. The number of nitrogens with zero attached hydrogens (tertiary/aromatic N) is 5. The first kappa shape index (κ1) is 19.3. The van der Waals surface area contributed by atoms with Gasteiger partial charge in [0.25, 0.3) is 0 Å². The van der Waals surface area contributed by atoms with Crippen LogP contribution in [0, 0.1) is 5.92 Å². The first-order chi connectivity index (χ1) is 12.5. The molecule has 7 heteroatoms. The van der Waals surface area contributed by atoms with Crippen molar-refractivity contribution in [2.75, 3.05) is 60.0 Å². The predicted octanol–water partition coefficient (Wildman–Crippen LogP) is 0.984. The van der Waals surface area contributed by atoms with E-state index in [9.17, 15) is 4.79 Å². The molecule has 3 rings (SSSR count). The zero-order valence-electron chi connectivity index (χ0n) is 16.4. The average Bonchev–Trinajstić information content (AvgIpc) is 3.06. The Bertz CT molecular complexity index is 584. The van der Waals surface area contributed by atoms with Crippen LogP contribution < -0.4 is 0 Å². The molecular formula is C19H33N5O2. The Balaban J connectivity index is 1.53. The highest BCUT2D eigenvalue weighted by Crippen LogP contribution is 2.35. The number of aryl methyl sites for hydroxylation is 1. The molecule has 1 aromatic heterocycles. The summed E-state index contributed by atoms with van der Waals surface area (Å²) < 4.78 is 7.21. The van der Waals surface area contributed by atoms with E-state index in [1.807, 2.05) is 22.8 Å². The number of morpholine rings is 1. The van der Waals surface area contributed by atoms with Crippen LogP contribution in [-0.4, -0.2) is 90.4 Å². The fourth-order valence-electron chi connectivity index (χ4n) is 4.32. The first-order valence-electron chi connectivity index (χ1n) is 9.77. The quantitative estimate of drug-likeness (QED) is 0.754. The number of aromatic nitrogens is 2. The molecule has 26 heavy (non-hydrogen) atoms. The highest BCUT2D eigenvalue weighted by atomic mass is 16.5. The molecule has 7 nitrogen and oxygen atoms in total. The van der Waals surface area contributed by atoms with Crippen molar-refractivity contribution >= 4 is 5.91 Å². The van der Waals surface area contributed by atoms with Crippen LogP contribution in [0.1, 0.15) is 30.9 Å². The molecule has 2 aliphatic rings. The zero-order chi connectivity index (χ0) is 18.5. The molecule has 146 valence electrons. The van der Waals surface area contributed by atoms with Crippen LogP contribution >= 0.6 is 0 Å². The van der Waals surface area contributed by atoms with E-state index in [-0.39, 0.29) is 5.91 Å². The van der Waals surface area contributed by atoms with E-state index in [1.165, 1.54) is 18.4 Å². The summed E-state index contributed by atoms with van der Waals surface area (Å²) >= 11 is 0. The van der Waals surface area contributed by atoms with E-state index < -0.39 is 0 Å². The summed E-state index contributed by atoms with van der Waals surface area (Å²) in [6, 6.07) is 0.412. The van der Waals surface area contributed by atoms with Crippen molar-refractivity contribution in [3.05, 3.63) is 18.0 Å². The van der Waals surface area contributed by atoms with Crippen molar-refractivity contribution in [3.8, 4) is 0 Å². The Kier molecular flexibility index (Phi) is 6.67. The van der Waals surface area contributed by atoms with Gasteiger partial charge in [0.1, 0.15) is 0 Å². The molecule has 2 saturated heterocycles. The standard InChI is InChI=1S/C19H33N5O2/c1-21(8-6-18(25)24-9-11-26-12-10-24)14-16-5-4-7-22(2)19(16)17-13-20-23(3)15-17/h13,15-16,19H,4-12,14H2,1-3H3/t16-,19+/m0/s1. The number of amides is 1. The molecule has 0 radical (unpaired) electrons. The van der Waals surface area contributed by atoms with Gasteiger partial charge in [0.15, 0.2) is 0 Å². The normalized spacial score (nSPS) is 25.0. The van der Waals surface area contributed by atoms with Gasteiger partial charge in [0, 0.05) is 57.4 Å². The van der Waals surface area contributed by atoms with Crippen LogP contribution in [0.15, 0.2) is 12.4 Å². The third-order valence-electron chi connectivity index (χ3n) is 5.69. The van der Waals surface area contributed by atoms with Crippen molar-refractivity contribution in [3.63, 3.8) is 0 Å². The van der Waals surface area contributed by atoms with Crippen molar-refractivity contribution < 1.29 is 9.53 Å². The number of likely N-dealkylation sites (tertiary alicyclic amines) is 1. The fraction of sp³-hybridized carbons (Fsp3) is 0.789. The van der Waals surface area contributed by atoms with Crippen molar-refractivity contribution in [2.24, 2.45) is 13.0 Å². The molecule has 0 bridgehead atoms. The topological polar surface area (TPSA) is 53.8 Å². The Morgan fingerprint density at radius 1 is 1.31 bits per heavy atom. The molecule has 0 unspecified atom stereocenters. The second-order valence-electron chi connectivity index (χ2n) is 7.78. The van der Waals surface area contributed by atoms with Crippen LogP contribution in [0.25, 0.3) is 0 Å². The lowest BCUT2D eigenvalue weighted by Crippen LogP contribution is -2.43. The summed E-state index contributed by atoms with van der Waals surface area (Å²) in [5.41, 5.74) is 1.30. The Morgan fingerprint density at radius 3 is 2.77 bits per heavy atom. The monoisotopic (exact) mass is 363 g/mol. The van der Waals surface area contributed by atoms with Crippen LogP contribution in [0.2, 0.25) is 0 Å². The van der Waals surface area contributed by atoms with Gasteiger partial charge in [0.05, 0.1) is 19.4 Å². The van der Waals surface area contributed by atoms with Gasteiger partial charge in [-0.05, 0) is 39.4 Å². The molecule has 2 atom stereocenters. The molecule has 1 aromatic rings. The minimum absolute atomic E-state index is 0.254. The zero-order valence-corrected chi connectivity index (χ0v) is 16.4. The fourth-order valence-corrected chi connectivity index (χ4v) is 4.32. The van der Waals surface area contributed by atoms with Crippen molar-refractivity contribution in [2.45, 2.75) is 25.3 Å². The summed E-state index contributed by atoms with van der Waals surface area (Å²) in [6.45, 7) is 5.77. The summed E-state index contributed by atoms with van der Waals surface area (Å²) in [7, 11) is 6.33. The van der Waals surface area contributed by atoms with Gasteiger partial charge in [-0.25, -0.2) is 0 Å². The Labute approximate surface area is 156 Å². The van der Waals surface area contributed by atoms with Gasteiger partial charge in [-0.15, -0.1) is 0 Å². The van der Waals surface area contributed by atoms with Crippen LogP contribution in [-0.2, 0) is 16.6 Å². The Morgan fingerprint density at radius 2 is 2.08 bits per heavy atom. The highest BCUT2D eigenvalue weighted by molar-refractivity contribution is 5.76. The summed E-state index contributed by atoms with van der Waals surface area (Å²) in [6.07, 6.45) is 7.20. The largest absolute Gasteiger partial charge is 0.378 e. The van der Waals surface area contributed by atoms with Gasteiger partial charge < -0.3 is 14.5 Å². The molecule has 0 aromatic carbocycles. The van der Waals surface area contributed by atoms with E-state index in [4.69, 9.17) is 4.74 Å². The third kappa shape index (κ3) is 4.84. The van der Waals surface area contributed by atoms with E-state index >= 15 is 0 Å². The van der Waals surface area contributed by atoms with E-state index in [0.717, 1.165) is 32.7 Å². The van der Waals surface area contributed by atoms with Gasteiger partial charge in [-0.2, -0.15) is 5.10 Å². The molecule has 0 aliphatic carbocycles. The van der Waals surface area contributed by atoms with Gasteiger partial charge >= 0.3 is 0 Å². The number of rotatable bonds is 6. The lowest BCUT2D eigenvalue weighted by Gasteiger charge is -2.40. The van der Waals surface area contributed by atoms with Crippen LogP contribution in [0.3, 0.4) is 0 Å². The maximum absolute atomic E-state index is 12.4. The minimum Gasteiger partial charge on any atom is -0.378 e. The lowest BCUT2D eigenvalue weighted by molar-refractivity contribution is -0.135. The highest BCUT2D eigenvalue weighted by Gasteiger charge is 2.32. The van der Waals surface area contributed by atoms with Crippen LogP contribution in [0.5, 0.6) is 0 Å². The molecule has 0 spiro atoms. The molecule has 1 amide bonds. The molecule has 0 saturated carbocycles. The summed E-state index contributed by atoms with van der Waals surface area (Å²) in [5, 5.41) is 4.37. The number of hydrogen-bond acceptors (Lipinski definition) is 5. The number of hydrogen-bond donors (Lipinski definition) is 0. The average molecular weight is 364 g/mol. The maximum atomic E-state index is 12.4. The SMILES string of the molecule is CN(CCC(=O)N1CCOCC1)C[C@@H]1CCCN(C)[C@H]1c1cnn(C)c1. The molecule has 2 fully saturated rings. The molecular weight excluding hydrogens is 330 g/mol. The van der Waals surface area contributed by atoms with Gasteiger partial charge in [-0.1, -0.05) is 0 Å². The summed E-state index contributed by atoms with van der Waals surface area (Å²) in [5.74, 6) is 0.825. The number of ether oxygens (including phenoxy) is 1. The second kappa shape index (κ2) is 8.97. The first-order valence-corrected chi connectivity index (χ1v) is 9.77. The lowest BCUT2D eigenvalue weighted by atomic mass is 9.85. The maximum Gasteiger partial charge on any atom is 0.224 e. The third-order valence-corrected chi connectivity index (χ3v) is 5.69. The van der Waals surface area contributed by atoms with Gasteiger partial charge in [0.2, 0.25) is 5.91 Å². The second-order valence-corrected chi connectivity index (χ2v) is 7.78. The van der Waals surface area contributed by atoms with E-state index in [0.29, 0.717) is 31.6 Å². The minimum atomic E-state index is 0.254. The Hall–Kier alpha value is -1.44. The van der Waals surface area contributed by atoms with Gasteiger partial charge in [-0.3, -0.25) is 14.4 Å². The molecule has 3 heterocycles. The number of piperidine rings is 1. The predicted molar refractivity (Wildman–Crippen MR) is 101 cm³/mol. The number of carbonyl (C=O) groups is 1. The number of carbonyl (C=O) groups excluding carboxylic acids is 1. The van der Waals surface area contributed by atoms with Crippen molar-refractivity contribution in [1.82, 2.24) is 24.5 Å². The van der Waals surface area contributed by atoms with Crippen molar-refractivity contribution in [1.29, 1.82) is 0 Å². The van der Waals surface area contributed by atoms with E-state index in [1.54, 1.807) is 0 Å². The van der Waals surface area contributed by atoms with Crippen LogP contribution in [0.4, 0.5) is 0 Å². The van der Waals surface area contributed by atoms with E-state index in [2.05, 4.69) is 35.2 Å². The molecule has 2 aliphatic heterocycles. The molecule has 0 N–H and O–H groups in total.